The Bertz CT molecular complexity index is 3370. The first kappa shape index (κ1) is 56.3. The number of rotatable bonds is 24. The van der Waals surface area contributed by atoms with E-state index in [1.165, 1.54) is 4.57 Å². The molecule has 3 fully saturated rings. The lowest BCUT2D eigenvalue weighted by molar-refractivity contribution is -0.140. The van der Waals surface area contributed by atoms with Crippen LogP contribution in [0.25, 0.3) is 22.0 Å². The Hall–Kier alpha value is -7.38. The Morgan fingerprint density at radius 3 is 2.35 bits per heavy atom. The van der Waals surface area contributed by atoms with Crippen LogP contribution >= 0.6 is 11.8 Å². The fourth-order valence-electron chi connectivity index (χ4n) is 10.9. The Labute approximate surface area is 459 Å². The number of fused-ring (bicyclic) bond motifs is 3. The average molecular weight is 1130 g/mol. The molecule has 4 aliphatic heterocycles. The predicted molar refractivity (Wildman–Crippen MR) is 291 cm³/mol. The summed E-state index contributed by atoms with van der Waals surface area (Å²) in [6.07, 6.45) is 8.58. The summed E-state index contributed by atoms with van der Waals surface area (Å²) in [6.45, 7) is 1.12. The van der Waals surface area contributed by atoms with Crippen LogP contribution < -0.4 is 37.5 Å². The van der Waals surface area contributed by atoms with Gasteiger partial charge in [0.15, 0.2) is 9.84 Å². The molecule has 4 aromatic rings. The van der Waals surface area contributed by atoms with Gasteiger partial charge in [-0.05, 0) is 79.3 Å². The van der Waals surface area contributed by atoms with Crippen LogP contribution in [-0.2, 0) is 70.9 Å². The number of piperidine rings is 1. The highest BCUT2D eigenvalue weighted by atomic mass is 32.2. The summed E-state index contributed by atoms with van der Waals surface area (Å²) in [5.74, 6) is -4.91. The maximum Gasteiger partial charge on any atom is 0.321 e. The van der Waals surface area contributed by atoms with E-state index in [0.717, 1.165) is 66.1 Å². The highest BCUT2D eigenvalue weighted by Crippen LogP contribution is 2.45. The van der Waals surface area contributed by atoms with E-state index >= 15 is 0 Å². The number of likely N-dealkylation sites (tertiary alicyclic amines) is 1. The van der Waals surface area contributed by atoms with Crippen molar-refractivity contribution < 1.29 is 56.7 Å². The van der Waals surface area contributed by atoms with E-state index in [0.29, 0.717) is 71.7 Å². The van der Waals surface area contributed by atoms with Gasteiger partial charge < -0.3 is 46.1 Å². The van der Waals surface area contributed by atoms with E-state index in [4.69, 9.17) is 10.8 Å². The number of carbonyl (C=O) groups excluding carboxylic acids is 8. The summed E-state index contributed by atoms with van der Waals surface area (Å²) in [4.78, 5) is 137. The molecule has 9 rings (SSSR count). The van der Waals surface area contributed by atoms with Crippen molar-refractivity contribution in [3.8, 4) is 11.1 Å². The number of thioether (sulfide) groups is 1. The van der Waals surface area contributed by atoms with E-state index in [9.17, 15) is 56.4 Å². The van der Waals surface area contributed by atoms with Gasteiger partial charge in [0.1, 0.15) is 23.3 Å². The average Bonchev–Trinajstić information content (AvgIpc) is 3.82. The molecule has 2 unspecified atom stereocenters. The molecule has 5 aliphatic rings. The van der Waals surface area contributed by atoms with Crippen LogP contribution in [0.5, 0.6) is 0 Å². The summed E-state index contributed by atoms with van der Waals surface area (Å²) < 4.78 is 27.4. The van der Waals surface area contributed by atoms with Crippen LogP contribution in [0.4, 0.5) is 5.69 Å². The smallest absolute Gasteiger partial charge is 0.321 e. The molecule has 25 heteroatoms. The quantitative estimate of drug-likeness (QED) is 0.0387. The van der Waals surface area contributed by atoms with Gasteiger partial charge in [-0.3, -0.25) is 58.2 Å². The number of aromatic nitrogens is 2. The third-order valence-corrected chi connectivity index (χ3v) is 17.3. The van der Waals surface area contributed by atoms with Gasteiger partial charge in [-0.2, -0.15) is 0 Å². The van der Waals surface area contributed by atoms with Gasteiger partial charge in [0.05, 0.1) is 11.0 Å². The number of anilines is 1. The van der Waals surface area contributed by atoms with E-state index in [1.54, 1.807) is 36.3 Å². The minimum absolute atomic E-state index is 0.0103. The van der Waals surface area contributed by atoms with Crippen molar-refractivity contribution in [3.05, 3.63) is 86.0 Å². The van der Waals surface area contributed by atoms with E-state index in [-0.39, 0.29) is 91.8 Å². The first-order valence-corrected chi connectivity index (χ1v) is 29.6. The third kappa shape index (κ3) is 12.6. The first-order valence-electron chi connectivity index (χ1n) is 26.5. The van der Waals surface area contributed by atoms with Gasteiger partial charge in [-0.1, -0.05) is 25.0 Å². The summed E-state index contributed by atoms with van der Waals surface area (Å²) in [7, 11) is -2.10. The summed E-state index contributed by atoms with van der Waals surface area (Å²) >= 11 is 0.980. The molecule has 23 nitrogen and oxygen atoms in total. The molecule has 3 atom stereocenters. The molecular formula is C54H64N10O13S2. The number of hydrogen-bond acceptors (Lipinski definition) is 15. The van der Waals surface area contributed by atoms with Crippen LogP contribution in [-0.4, -0.2) is 148 Å². The lowest BCUT2D eigenvalue weighted by Gasteiger charge is -2.29. The second-order valence-electron chi connectivity index (χ2n) is 21.1. The highest BCUT2D eigenvalue weighted by molar-refractivity contribution is 8.00. The van der Waals surface area contributed by atoms with Gasteiger partial charge in [0, 0.05) is 129 Å². The number of pyridine rings is 1. The Balaban J connectivity index is 0.841. The third-order valence-electron chi connectivity index (χ3n) is 15.1. The molecule has 420 valence electrons. The molecule has 8 amide bonds. The minimum Gasteiger partial charge on any atom is -0.480 e. The van der Waals surface area contributed by atoms with Gasteiger partial charge >= 0.3 is 5.97 Å². The molecule has 2 saturated heterocycles. The predicted octanol–water partition coefficient (Wildman–Crippen LogP) is 1.61. The lowest BCUT2D eigenvalue weighted by Crippen LogP contribution is -2.52. The number of carbonyl (C=O) groups is 9. The number of sulfone groups is 1. The number of unbranched alkanes of at least 4 members (excludes halogenated alkanes) is 3. The van der Waals surface area contributed by atoms with Crippen LogP contribution in [0.15, 0.2) is 41.3 Å². The molecule has 2 aromatic carbocycles. The first-order chi connectivity index (χ1) is 37.7. The molecule has 0 radical (unpaired) electrons. The van der Waals surface area contributed by atoms with Crippen LogP contribution in [0.2, 0.25) is 0 Å². The zero-order valence-electron chi connectivity index (χ0n) is 43.9. The number of nitrogens with zero attached hydrogens (tertiary/aromatic N) is 4. The van der Waals surface area contributed by atoms with Crippen LogP contribution in [0.1, 0.15) is 118 Å². The van der Waals surface area contributed by atoms with E-state index in [1.807, 2.05) is 12.1 Å². The number of hydrogen-bond donors (Lipinski definition) is 7. The van der Waals surface area contributed by atoms with Gasteiger partial charge in [-0.15, -0.1) is 11.8 Å². The Morgan fingerprint density at radius 1 is 0.873 bits per heavy atom. The normalized spacial score (nSPS) is 18.4. The molecule has 1 aliphatic carbocycles. The summed E-state index contributed by atoms with van der Waals surface area (Å²) in [5, 5.41) is 19.6. The lowest BCUT2D eigenvalue weighted by atomic mass is 9.95. The fourth-order valence-corrected chi connectivity index (χ4v) is 12.8. The van der Waals surface area contributed by atoms with Crippen LogP contribution in [0, 0.1) is 5.92 Å². The molecule has 2 aromatic heterocycles. The maximum absolute atomic E-state index is 14.2. The van der Waals surface area contributed by atoms with Crippen LogP contribution in [0.3, 0.4) is 0 Å². The zero-order chi connectivity index (χ0) is 56.4. The minimum atomic E-state index is -3.68. The van der Waals surface area contributed by atoms with E-state index in [2.05, 4.69) is 31.2 Å². The number of imide groups is 2. The van der Waals surface area contributed by atoms with Gasteiger partial charge in [0.2, 0.25) is 29.5 Å². The second kappa shape index (κ2) is 23.5. The number of carboxylic acid groups (broad SMARTS) is 1. The number of aliphatic carboxylic acids is 1. The standard InChI is InChI=1S/C54H64N10O13S2/c1-61-24-36-34-20-31(28-79(2,76)77)33(48(68)57-16-6-4-3-5-8-30-9-7-10-32-35(30)26-64(51(32)71)39-13-14-43(66)59-49(39)69)21-40(34)62(23-29-11-12-29)25-37-45(36)47(53(61)73)60-46(37)50(70)58-18-17-56-42(65)15-19-63-44(67)22-41(52(63)72)78-27-38(55)54(74)75/h7,9-10,20-21,24,29,38-39,41,60H,3-6,8,11-19,22-23,25-28,55H2,1-2H3,(H,56,65)(H,57,68)(H,58,70)(H,74,75)(H,59,66,69)/t38-,39?,41?/m0/s1. The molecular weight excluding hydrogens is 1060 g/mol. The number of carboxylic acids is 1. The maximum atomic E-state index is 14.2. The topological polar surface area (TPSA) is 330 Å². The van der Waals surface area contributed by atoms with Crippen molar-refractivity contribution in [2.75, 3.05) is 49.6 Å². The van der Waals surface area contributed by atoms with Crippen molar-refractivity contribution in [2.24, 2.45) is 18.7 Å². The second-order valence-corrected chi connectivity index (χ2v) is 24.5. The number of aromatic amines is 1. The van der Waals surface area contributed by atoms with Crippen molar-refractivity contribution in [1.29, 1.82) is 0 Å². The molecule has 0 spiro atoms. The number of nitrogens with two attached hydrogens (primary N) is 1. The van der Waals surface area contributed by atoms with Crippen molar-refractivity contribution in [1.82, 2.24) is 40.6 Å². The Morgan fingerprint density at radius 2 is 1.62 bits per heavy atom. The zero-order valence-corrected chi connectivity index (χ0v) is 45.6. The van der Waals surface area contributed by atoms with Gasteiger partial charge in [0.25, 0.3) is 23.3 Å². The molecule has 6 heterocycles. The SMILES string of the molecule is Cn1cc2c3c(c(C(=O)NCCNC(=O)CCN4C(=O)CC(SC[C@H](N)C(=O)O)C4=O)[nH]c3c1=O)CN(CC1CC1)c1cc(C(=O)NCCCCCCc3cccc4c3CN(C3CCC(=O)NC3=O)C4=O)c(CS(C)(=O)=O)cc1-2. The molecule has 8 N–H and O–H groups in total. The number of benzene rings is 2. The monoisotopic (exact) mass is 1120 g/mol. The largest absolute Gasteiger partial charge is 0.480 e. The Kier molecular flexibility index (Phi) is 16.8. The molecule has 1 saturated carbocycles. The molecule has 0 bridgehead atoms. The van der Waals surface area contributed by atoms with E-state index < -0.39 is 79.9 Å². The van der Waals surface area contributed by atoms with Crippen molar-refractivity contribution in [2.45, 2.75) is 107 Å². The summed E-state index contributed by atoms with van der Waals surface area (Å²) in [5.41, 5.74) is 10.7. The van der Waals surface area contributed by atoms with Gasteiger partial charge in [-0.25, -0.2) is 8.42 Å². The number of aryl methyl sites for hydroxylation is 2. The number of H-pyrrole nitrogens is 1. The van der Waals surface area contributed by atoms with Crippen molar-refractivity contribution >= 4 is 91.4 Å². The summed E-state index contributed by atoms with van der Waals surface area (Å²) in [6, 6.07) is 7.14. The molecule has 79 heavy (non-hydrogen) atoms. The van der Waals surface area contributed by atoms with Crippen molar-refractivity contribution in [3.63, 3.8) is 0 Å². The number of nitrogens with one attached hydrogen (secondary N) is 5. The highest BCUT2D eigenvalue weighted by Gasteiger charge is 2.41. The fraction of sp³-hybridized carbons (Fsp3) is 0.481. The number of amides is 8.